The summed E-state index contributed by atoms with van der Waals surface area (Å²) in [5, 5.41) is 8.24. The molecule has 1 atom stereocenters. The highest BCUT2D eigenvalue weighted by Crippen LogP contribution is 2.01. The van der Waals surface area contributed by atoms with Crippen LogP contribution < -0.4 is 0 Å². The Morgan fingerprint density at radius 3 is 2.10 bits per heavy atom. The Morgan fingerprint density at radius 2 is 1.62 bits per heavy atom. The molecule has 120 valence electrons. The fourth-order valence-electron chi connectivity index (χ4n) is 1.44. The van der Waals surface area contributed by atoms with Crippen LogP contribution in [0.25, 0.3) is 0 Å². The molecule has 8 heteroatoms. The van der Waals surface area contributed by atoms with Crippen LogP contribution in [-0.4, -0.2) is 76.0 Å². The van der Waals surface area contributed by atoms with Crippen molar-refractivity contribution in [1.82, 2.24) is 0 Å². The van der Waals surface area contributed by atoms with Gasteiger partial charge in [-0.3, -0.25) is 0 Å². The molecule has 2 rings (SSSR count). The summed E-state index contributed by atoms with van der Waals surface area (Å²) in [7, 11) is 0. The Balaban J connectivity index is 0.000000304. The molecule has 0 amide bonds. The molecule has 0 aromatic heterocycles. The minimum Gasteiger partial charge on any atom is -0.478 e. The van der Waals surface area contributed by atoms with Crippen molar-refractivity contribution in [2.24, 2.45) is 0 Å². The van der Waals surface area contributed by atoms with Crippen LogP contribution >= 0.6 is 0 Å². The van der Waals surface area contributed by atoms with Gasteiger partial charge in [0.25, 0.3) is 0 Å². The summed E-state index contributed by atoms with van der Waals surface area (Å²) < 4.78 is 24.9. The van der Waals surface area contributed by atoms with Gasteiger partial charge in [0.15, 0.2) is 0 Å². The molecule has 0 aliphatic carbocycles. The van der Waals surface area contributed by atoms with E-state index in [1.807, 2.05) is 0 Å². The van der Waals surface area contributed by atoms with E-state index in [0.29, 0.717) is 19.8 Å². The van der Waals surface area contributed by atoms with Crippen molar-refractivity contribution < 1.29 is 38.4 Å². The predicted molar refractivity (Wildman–Crippen MR) is 69.9 cm³/mol. The van der Waals surface area contributed by atoms with Crippen LogP contribution in [-0.2, 0) is 33.3 Å². The van der Waals surface area contributed by atoms with E-state index in [4.69, 9.17) is 28.8 Å². The van der Waals surface area contributed by atoms with Gasteiger partial charge in [-0.15, -0.1) is 0 Å². The van der Waals surface area contributed by atoms with Gasteiger partial charge in [0.1, 0.15) is 12.7 Å². The van der Waals surface area contributed by atoms with Gasteiger partial charge in [-0.05, 0) is 0 Å². The third kappa shape index (κ3) is 9.97. The van der Waals surface area contributed by atoms with Crippen LogP contribution in [0.2, 0.25) is 0 Å². The summed E-state index contributed by atoms with van der Waals surface area (Å²) >= 11 is 0. The standard InChI is InChI=1S/C9H12O6.C4H8O2/c10-8(11)1-2-9(12)15-6-7-5-13-3-4-14-7;1-2-6-4-3-5-1/h1-2,7H,3-6H2,(H,10,11);1-4H2/b2-1-;. The lowest BCUT2D eigenvalue weighted by molar-refractivity contribution is -0.150. The number of carboxylic acid groups (broad SMARTS) is 1. The smallest absolute Gasteiger partial charge is 0.331 e. The second-order valence-corrected chi connectivity index (χ2v) is 4.09. The van der Waals surface area contributed by atoms with E-state index < -0.39 is 11.9 Å². The van der Waals surface area contributed by atoms with Crippen molar-refractivity contribution in [2.45, 2.75) is 6.10 Å². The fraction of sp³-hybridized carbons (Fsp3) is 0.692. The molecule has 1 unspecified atom stereocenters. The summed E-state index contributed by atoms with van der Waals surface area (Å²) in [6, 6.07) is 0. The zero-order chi connectivity index (χ0) is 15.3. The molecule has 2 saturated heterocycles. The van der Waals surface area contributed by atoms with E-state index in [1.165, 1.54) is 0 Å². The second kappa shape index (κ2) is 11.2. The van der Waals surface area contributed by atoms with Crippen LogP contribution in [0.4, 0.5) is 0 Å². The summed E-state index contributed by atoms with van der Waals surface area (Å²) in [5.41, 5.74) is 0. The maximum Gasteiger partial charge on any atom is 0.331 e. The van der Waals surface area contributed by atoms with Crippen molar-refractivity contribution >= 4 is 11.9 Å². The van der Waals surface area contributed by atoms with Crippen molar-refractivity contribution in [3.05, 3.63) is 12.2 Å². The summed E-state index contributed by atoms with van der Waals surface area (Å²) in [5.74, 6) is -1.89. The average molecular weight is 304 g/mol. The average Bonchev–Trinajstić information content (AvgIpc) is 2.54. The monoisotopic (exact) mass is 304 g/mol. The number of carbonyl (C=O) groups excluding carboxylic acids is 1. The molecular formula is C13H20O8. The highest BCUT2D eigenvalue weighted by molar-refractivity contribution is 5.90. The first-order chi connectivity index (χ1) is 10.2. The zero-order valence-corrected chi connectivity index (χ0v) is 11.7. The number of rotatable bonds is 4. The van der Waals surface area contributed by atoms with Crippen molar-refractivity contribution in [3.8, 4) is 0 Å². The predicted octanol–water partition coefficient (Wildman–Crippen LogP) is -0.381. The van der Waals surface area contributed by atoms with Gasteiger partial charge in [0.05, 0.1) is 46.2 Å². The van der Waals surface area contributed by atoms with E-state index in [0.717, 1.165) is 38.6 Å². The van der Waals surface area contributed by atoms with Crippen LogP contribution in [0.3, 0.4) is 0 Å². The van der Waals surface area contributed by atoms with Gasteiger partial charge in [-0.2, -0.15) is 0 Å². The van der Waals surface area contributed by atoms with E-state index in [2.05, 4.69) is 0 Å². The Morgan fingerprint density at radius 1 is 1.00 bits per heavy atom. The first-order valence-electron chi connectivity index (χ1n) is 6.61. The lowest BCUT2D eigenvalue weighted by Gasteiger charge is -2.22. The lowest BCUT2D eigenvalue weighted by atomic mass is 10.4. The number of hydrogen-bond acceptors (Lipinski definition) is 7. The molecule has 2 aliphatic rings. The third-order valence-corrected chi connectivity index (χ3v) is 2.40. The van der Waals surface area contributed by atoms with E-state index in [9.17, 15) is 9.59 Å². The van der Waals surface area contributed by atoms with E-state index in [1.54, 1.807) is 0 Å². The molecular weight excluding hydrogens is 284 g/mol. The SMILES string of the molecule is C1COCCO1.O=C(O)/C=C\C(=O)OCC1COCCO1. The second-order valence-electron chi connectivity index (χ2n) is 4.09. The Kier molecular flexibility index (Phi) is 9.38. The van der Waals surface area contributed by atoms with Gasteiger partial charge in [0.2, 0.25) is 0 Å². The van der Waals surface area contributed by atoms with Gasteiger partial charge < -0.3 is 28.8 Å². The highest BCUT2D eigenvalue weighted by Gasteiger charge is 2.15. The number of esters is 1. The van der Waals surface area contributed by atoms with Crippen LogP contribution in [0.15, 0.2) is 12.2 Å². The summed E-state index contributed by atoms with van der Waals surface area (Å²) in [6.45, 7) is 4.59. The van der Waals surface area contributed by atoms with Crippen LogP contribution in [0.5, 0.6) is 0 Å². The molecule has 0 bridgehead atoms. The molecule has 0 radical (unpaired) electrons. The molecule has 0 spiro atoms. The molecule has 8 nitrogen and oxygen atoms in total. The van der Waals surface area contributed by atoms with Gasteiger partial charge in [0, 0.05) is 12.2 Å². The quantitative estimate of drug-likeness (QED) is 0.554. The molecule has 0 aromatic carbocycles. The maximum atomic E-state index is 10.9. The number of aliphatic carboxylic acids is 1. The first kappa shape index (κ1) is 17.6. The molecule has 0 aromatic rings. The minimum absolute atomic E-state index is 0.0722. The lowest BCUT2D eigenvalue weighted by Crippen LogP contribution is -2.33. The minimum atomic E-state index is -1.19. The number of carbonyl (C=O) groups is 2. The van der Waals surface area contributed by atoms with Crippen molar-refractivity contribution in [3.63, 3.8) is 0 Å². The van der Waals surface area contributed by atoms with E-state index in [-0.39, 0.29) is 12.7 Å². The van der Waals surface area contributed by atoms with Crippen molar-refractivity contribution in [2.75, 3.05) is 52.9 Å². The maximum absolute atomic E-state index is 10.9. The molecule has 21 heavy (non-hydrogen) atoms. The van der Waals surface area contributed by atoms with Gasteiger partial charge in [-0.25, -0.2) is 9.59 Å². The summed E-state index contributed by atoms with van der Waals surface area (Å²) in [4.78, 5) is 21.0. The largest absolute Gasteiger partial charge is 0.478 e. The summed E-state index contributed by atoms with van der Waals surface area (Å²) in [6.07, 6.45) is 1.31. The fourth-order valence-corrected chi connectivity index (χ4v) is 1.44. The molecule has 2 heterocycles. The highest BCUT2D eigenvalue weighted by atomic mass is 16.6. The molecule has 2 fully saturated rings. The normalized spacial score (nSPS) is 22.2. The molecule has 2 aliphatic heterocycles. The van der Waals surface area contributed by atoms with Crippen molar-refractivity contribution in [1.29, 1.82) is 0 Å². The number of hydrogen-bond donors (Lipinski definition) is 1. The Labute approximate surface area is 122 Å². The topological polar surface area (TPSA) is 101 Å². The Hall–Kier alpha value is -1.48. The van der Waals surface area contributed by atoms with Crippen LogP contribution in [0.1, 0.15) is 0 Å². The van der Waals surface area contributed by atoms with Gasteiger partial charge >= 0.3 is 11.9 Å². The van der Waals surface area contributed by atoms with Crippen LogP contribution in [0, 0.1) is 0 Å². The molecule has 0 saturated carbocycles. The molecule has 1 N–H and O–H groups in total. The van der Waals surface area contributed by atoms with Gasteiger partial charge in [-0.1, -0.05) is 0 Å². The number of carboxylic acids is 1. The number of ether oxygens (including phenoxy) is 5. The Bertz CT molecular complexity index is 320. The van der Waals surface area contributed by atoms with E-state index >= 15 is 0 Å². The third-order valence-electron chi connectivity index (χ3n) is 2.40. The first-order valence-corrected chi connectivity index (χ1v) is 6.61. The zero-order valence-electron chi connectivity index (χ0n) is 11.7.